The van der Waals surface area contributed by atoms with Crippen LogP contribution in [0.15, 0.2) is 10.5 Å². The Hall–Kier alpha value is -2.01. The monoisotopic (exact) mass is 318 g/mol. The van der Waals surface area contributed by atoms with Gasteiger partial charge in [-0.15, -0.1) is 0 Å². The van der Waals surface area contributed by atoms with E-state index in [0.29, 0.717) is 6.07 Å². The minimum Gasteiger partial charge on any atom is -0.478 e. The van der Waals surface area contributed by atoms with Crippen LogP contribution in [0.4, 0.5) is 14.5 Å². The van der Waals surface area contributed by atoms with E-state index < -0.39 is 45.7 Å². The van der Waals surface area contributed by atoms with Gasteiger partial charge >= 0.3 is 5.97 Å². The normalized spacial score (nSPS) is 9.67. The van der Waals surface area contributed by atoms with E-state index in [-0.39, 0.29) is 0 Å². The number of nitrogens with one attached hydrogen (secondary N) is 1. The van der Waals surface area contributed by atoms with Crippen LogP contribution in [-0.2, 0) is 4.79 Å². The van der Waals surface area contributed by atoms with Crippen LogP contribution in [-0.4, -0.2) is 17.0 Å². The number of carboxylic acid groups (broad SMARTS) is 1. The number of carbonyl (C=O) groups is 2. The molecule has 0 bridgehead atoms. The fourth-order valence-electron chi connectivity index (χ4n) is 1.14. The molecule has 0 saturated heterocycles. The van der Waals surface area contributed by atoms with Crippen LogP contribution in [0.25, 0.3) is 0 Å². The molecular weight excluding hydrogens is 314 g/mol. The molecule has 18 heavy (non-hydrogen) atoms. The number of hydrogen-bond acceptors (Lipinski definition) is 3. The zero-order valence-electron chi connectivity index (χ0n) is 8.63. The topological polar surface area (TPSA) is 90.2 Å². The second-order valence-electron chi connectivity index (χ2n) is 3.10. The van der Waals surface area contributed by atoms with Gasteiger partial charge in [-0.3, -0.25) is 4.79 Å². The average molecular weight is 319 g/mol. The van der Waals surface area contributed by atoms with Crippen molar-refractivity contribution < 1.29 is 23.5 Å². The van der Waals surface area contributed by atoms with Gasteiger partial charge in [-0.1, -0.05) is 0 Å². The van der Waals surface area contributed by atoms with E-state index >= 15 is 0 Å². The standard InChI is InChI=1S/C10H5BrF2N2O3/c11-7-8(13)5(12)3-4(10(17)18)9(7)15-6(16)1-2-14/h3H,1H2,(H,15,16)(H,17,18). The highest BCUT2D eigenvalue weighted by Crippen LogP contribution is 2.31. The Morgan fingerprint density at radius 3 is 2.61 bits per heavy atom. The maximum atomic E-state index is 13.2. The molecule has 1 rings (SSSR count). The van der Waals surface area contributed by atoms with Crippen molar-refractivity contribution in [3.05, 3.63) is 27.7 Å². The molecule has 0 radical (unpaired) electrons. The molecule has 0 heterocycles. The Balaban J connectivity index is 3.32. The number of halogens is 3. The smallest absolute Gasteiger partial charge is 0.337 e. The molecule has 5 nitrogen and oxygen atoms in total. The summed E-state index contributed by atoms with van der Waals surface area (Å²) in [5, 5.41) is 19.1. The van der Waals surface area contributed by atoms with Crippen molar-refractivity contribution in [1.29, 1.82) is 5.26 Å². The first-order chi connectivity index (χ1) is 8.38. The van der Waals surface area contributed by atoms with E-state index in [1.807, 2.05) is 5.32 Å². The number of carboxylic acids is 1. The third kappa shape index (κ3) is 2.81. The van der Waals surface area contributed by atoms with Crippen LogP contribution in [0.2, 0.25) is 0 Å². The van der Waals surface area contributed by atoms with E-state index in [1.54, 1.807) is 0 Å². The molecule has 1 amide bonds. The van der Waals surface area contributed by atoms with E-state index in [0.717, 1.165) is 0 Å². The zero-order chi connectivity index (χ0) is 13.9. The van der Waals surface area contributed by atoms with E-state index in [2.05, 4.69) is 15.9 Å². The summed E-state index contributed by atoms with van der Waals surface area (Å²) in [5.41, 5.74) is -1.05. The number of nitrogens with zero attached hydrogens (tertiary/aromatic N) is 1. The van der Waals surface area contributed by atoms with Crippen molar-refractivity contribution in [3.63, 3.8) is 0 Å². The van der Waals surface area contributed by atoms with Gasteiger partial charge in [0.15, 0.2) is 11.6 Å². The molecule has 94 valence electrons. The third-order valence-corrected chi connectivity index (χ3v) is 2.64. The fourth-order valence-corrected chi connectivity index (χ4v) is 1.64. The highest BCUT2D eigenvalue weighted by molar-refractivity contribution is 9.10. The highest BCUT2D eigenvalue weighted by Gasteiger charge is 2.22. The fraction of sp³-hybridized carbons (Fsp3) is 0.100. The molecule has 0 spiro atoms. The lowest BCUT2D eigenvalue weighted by molar-refractivity contribution is -0.115. The van der Waals surface area contributed by atoms with Crippen LogP contribution >= 0.6 is 15.9 Å². The predicted molar refractivity (Wildman–Crippen MR) is 59.9 cm³/mol. The number of aromatic carboxylic acids is 1. The molecule has 0 aliphatic rings. The Morgan fingerprint density at radius 1 is 1.50 bits per heavy atom. The first kappa shape index (κ1) is 14.1. The van der Waals surface area contributed by atoms with Crippen molar-refractivity contribution in [2.45, 2.75) is 6.42 Å². The number of hydrogen-bond donors (Lipinski definition) is 2. The van der Waals surface area contributed by atoms with E-state index in [9.17, 15) is 18.4 Å². The van der Waals surface area contributed by atoms with Crippen LogP contribution in [0.3, 0.4) is 0 Å². The molecule has 0 aromatic heterocycles. The summed E-state index contributed by atoms with van der Waals surface area (Å²) in [7, 11) is 0. The van der Waals surface area contributed by atoms with Gasteiger partial charge in [-0.05, 0) is 22.0 Å². The second-order valence-corrected chi connectivity index (χ2v) is 3.89. The maximum Gasteiger partial charge on any atom is 0.337 e. The zero-order valence-corrected chi connectivity index (χ0v) is 10.2. The molecule has 8 heteroatoms. The first-order valence-corrected chi connectivity index (χ1v) is 5.25. The number of nitriles is 1. The Labute approximate surface area is 108 Å². The summed E-state index contributed by atoms with van der Waals surface area (Å²) in [4.78, 5) is 22.0. The molecule has 0 fully saturated rings. The van der Waals surface area contributed by atoms with Gasteiger partial charge < -0.3 is 10.4 Å². The lowest BCUT2D eigenvalue weighted by atomic mass is 10.1. The summed E-state index contributed by atoms with van der Waals surface area (Å²) in [6.45, 7) is 0. The Morgan fingerprint density at radius 2 is 2.11 bits per heavy atom. The number of anilines is 1. The van der Waals surface area contributed by atoms with Crippen LogP contribution in [0.1, 0.15) is 16.8 Å². The van der Waals surface area contributed by atoms with Crippen molar-refractivity contribution in [3.8, 4) is 6.07 Å². The van der Waals surface area contributed by atoms with Gasteiger partial charge in [0.25, 0.3) is 0 Å². The van der Waals surface area contributed by atoms with E-state index in [1.165, 1.54) is 6.07 Å². The lowest BCUT2D eigenvalue weighted by Gasteiger charge is -2.10. The molecule has 0 atom stereocenters. The van der Waals surface area contributed by atoms with Crippen LogP contribution < -0.4 is 5.32 Å². The largest absolute Gasteiger partial charge is 0.478 e. The molecule has 2 N–H and O–H groups in total. The molecular formula is C10H5BrF2N2O3. The van der Waals surface area contributed by atoms with Gasteiger partial charge in [0.2, 0.25) is 5.91 Å². The van der Waals surface area contributed by atoms with Gasteiger partial charge in [0, 0.05) is 0 Å². The quantitative estimate of drug-likeness (QED) is 0.836. The molecule has 0 unspecified atom stereocenters. The second kappa shape index (κ2) is 5.55. The molecule has 1 aromatic rings. The third-order valence-electron chi connectivity index (χ3n) is 1.90. The number of carbonyl (C=O) groups excluding carboxylic acids is 1. The number of rotatable bonds is 3. The first-order valence-electron chi connectivity index (χ1n) is 4.46. The maximum absolute atomic E-state index is 13.2. The average Bonchev–Trinajstić information content (AvgIpc) is 2.29. The summed E-state index contributed by atoms with van der Waals surface area (Å²) in [6, 6.07) is 1.99. The van der Waals surface area contributed by atoms with Gasteiger partial charge in [-0.25, -0.2) is 13.6 Å². The summed E-state index contributed by atoms with van der Waals surface area (Å²) in [5.74, 6) is -5.06. The van der Waals surface area contributed by atoms with Gasteiger partial charge in [-0.2, -0.15) is 5.26 Å². The minimum absolute atomic E-state index is 0.429. The molecule has 1 aromatic carbocycles. The van der Waals surface area contributed by atoms with Crippen molar-refractivity contribution in [1.82, 2.24) is 0 Å². The molecule has 0 aliphatic heterocycles. The van der Waals surface area contributed by atoms with Crippen molar-refractivity contribution >= 4 is 33.5 Å². The SMILES string of the molecule is N#CCC(=O)Nc1c(C(=O)O)cc(F)c(F)c1Br. The van der Waals surface area contributed by atoms with Crippen molar-refractivity contribution in [2.24, 2.45) is 0 Å². The van der Waals surface area contributed by atoms with E-state index in [4.69, 9.17) is 10.4 Å². The van der Waals surface area contributed by atoms with Gasteiger partial charge in [0.05, 0.1) is 21.8 Å². The molecule has 0 saturated carbocycles. The summed E-state index contributed by atoms with van der Waals surface area (Å²) >= 11 is 2.65. The van der Waals surface area contributed by atoms with Crippen LogP contribution in [0, 0.1) is 23.0 Å². The van der Waals surface area contributed by atoms with Crippen LogP contribution in [0.5, 0.6) is 0 Å². The Kier molecular flexibility index (Phi) is 4.33. The Bertz CT molecular complexity index is 569. The minimum atomic E-state index is -1.54. The summed E-state index contributed by atoms with van der Waals surface area (Å²) in [6.07, 6.45) is -0.537. The van der Waals surface area contributed by atoms with Gasteiger partial charge in [0.1, 0.15) is 6.42 Å². The predicted octanol–water partition coefficient (Wildman–Crippen LogP) is 2.28. The lowest BCUT2D eigenvalue weighted by Crippen LogP contribution is -2.15. The number of amides is 1. The molecule has 0 aliphatic carbocycles. The summed E-state index contributed by atoms with van der Waals surface area (Å²) < 4.78 is 25.8. The highest BCUT2D eigenvalue weighted by atomic mass is 79.9. The van der Waals surface area contributed by atoms with Crippen molar-refractivity contribution in [2.75, 3.05) is 5.32 Å². The number of benzene rings is 1.